The number of phosphoric acid groups is 1. The Morgan fingerprint density at radius 2 is 1.12 bits per heavy atom. The molecule has 0 bridgehead atoms. The highest BCUT2D eigenvalue weighted by Crippen LogP contribution is 2.50. The molecule has 41 heavy (non-hydrogen) atoms. The van der Waals surface area contributed by atoms with Crippen LogP contribution in [-0.4, -0.2) is 68.7 Å². The van der Waals surface area contributed by atoms with Gasteiger partial charge in [-0.1, -0.05) is 76.4 Å². The standard InChI is InChI=1S/C31H47O9P/c1-4-7-20-34-29-27(23-32)38-28(30(35-21-8-5-2)31(29)36-22-9-6-3)24-37-41(33,39-25-16-12-10-13-17-25)40-26-18-14-11-15-19-26/h10-19,27-32H,4-9,20-24H2,1-3H3/t27?,28?,29-,30+,31?/m0/s1. The topological polar surface area (TPSA) is 102 Å². The molecule has 0 spiro atoms. The van der Waals surface area contributed by atoms with Gasteiger partial charge in [0.15, 0.2) is 0 Å². The molecule has 1 aliphatic heterocycles. The lowest BCUT2D eigenvalue weighted by molar-refractivity contribution is -0.267. The molecule has 1 aliphatic rings. The molecule has 0 radical (unpaired) electrons. The monoisotopic (exact) mass is 594 g/mol. The lowest BCUT2D eigenvalue weighted by atomic mass is 9.94. The third kappa shape index (κ3) is 11.0. The van der Waals surface area contributed by atoms with Crippen molar-refractivity contribution in [2.45, 2.75) is 89.8 Å². The third-order valence-electron chi connectivity index (χ3n) is 6.65. The minimum Gasteiger partial charge on any atom is -0.395 e. The maximum atomic E-state index is 14.0. The highest BCUT2D eigenvalue weighted by Gasteiger charge is 2.49. The second kappa shape index (κ2) is 18.5. The molecule has 1 N–H and O–H groups in total. The van der Waals surface area contributed by atoms with Gasteiger partial charge in [-0.2, -0.15) is 0 Å². The lowest BCUT2D eigenvalue weighted by Crippen LogP contribution is -2.62. The van der Waals surface area contributed by atoms with Crippen molar-refractivity contribution in [1.82, 2.24) is 0 Å². The Kier molecular flexibility index (Phi) is 15.2. The van der Waals surface area contributed by atoms with E-state index in [2.05, 4.69) is 20.8 Å². The molecule has 2 aromatic carbocycles. The van der Waals surface area contributed by atoms with E-state index in [1.807, 2.05) is 12.1 Å². The number of ether oxygens (including phenoxy) is 4. The van der Waals surface area contributed by atoms with Gasteiger partial charge in [0.25, 0.3) is 0 Å². The lowest BCUT2D eigenvalue weighted by Gasteiger charge is -2.46. The quantitative estimate of drug-likeness (QED) is 0.134. The summed E-state index contributed by atoms with van der Waals surface area (Å²) >= 11 is 0. The van der Waals surface area contributed by atoms with Crippen molar-refractivity contribution >= 4 is 7.82 Å². The zero-order valence-electron chi connectivity index (χ0n) is 24.6. The number of rotatable bonds is 20. The zero-order chi connectivity index (χ0) is 29.3. The zero-order valence-corrected chi connectivity index (χ0v) is 25.5. The van der Waals surface area contributed by atoms with Crippen molar-refractivity contribution in [3.05, 3.63) is 60.7 Å². The summed E-state index contributed by atoms with van der Waals surface area (Å²) in [5, 5.41) is 10.3. The summed E-state index contributed by atoms with van der Waals surface area (Å²) < 4.78 is 56.7. The SMILES string of the molecule is CCCCOC1[C@H](OCCCC)C(COP(=O)(Oc2ccccc2)Oc2ccccc2)OC(CO)[C@@H]1OCCCC. The van der Waals surface area contributed by atoms with Crippen LogP contribution in [0.3, 0.4) is 0 Å². The van der Waals surface area contributed by atoms with Gasteiger partial charge in [0, 0.05) is 19.8 Å². The number of unbranched alkanes of at least 4 members (excludes halogenated alkanes) is 3. The van der Waals surface area contributed by atoms with Gasteiger partial charge in [-0.25, -0.2) is 4.57 Å². The molecule has 0 aromatic heterocycles. The van der Waals surface area contributed by atoms with Crippen LogP contribution in [0.25, 0.3) is 0 Å². The van der Waals surface area contributed by atoms with E-state index in [9.17, 15) is 9.67 Å². The Morgan fingerprint density at radius 1 is 0.683 bits per heavy atom. The average Bonchev–Trinajstić information content (AvgIpc) is 2.98. The van der Waals surface area contributed by atoms with Crippen LogP contribution in [-0.2, 0) is 28.0 Å². The maximum Gasteiger partial charge on any atom is 0.587 e. The molecule has 0 aliphatic carbocycles. The smallest absolute Gasteiger partial charge is 0.395 e. The van der Waals surface area contributed by atoms with Crippen LogP contribution in [0.1, 0.15) is 59.3 Å². The first-order valence-corrected chi connectivity index (χ1v) is 16.3. The van der Waals surface area contributed by atoms with Crippen molar-refractivity contribution < 1.29 is 42.2 Å². The number of aliphatic hydroxyl groups is 1. The molecule has 2 aromatic rings. The molecule has 9 nitrogen and oxygen atoms in total. The predicted molar refractivity (Wildman–Crippen MR) is 157 cm³/mol. The van der Waals surface area contributed by atoms with Gasteiger partial charge >= 0.3 is 7.82 Å². The fourth-order valence-electron chi connectivity index (χ4n) is 4.41. The molecule has 3 unspecified atom stereocenters. The number of hydrogen-bond acceptors (Lipinski definition) is 9. The summed E-state index contributed by atoms with van der Waals surface area (Å²) in [4.78, 5) is 0. The Morgan fingerprint density at radius 3 is 1.56 bits per heavy atom. The Balaban J connectivity index is 1.86. The van der Waals surface area contributed by atoms with Crippen LogP contribution >= 0.6 is 7.82 Å². The van der Waals surface area contributed by atoms with Crippen LogP contribution in [0, 0.1) is 0 Å². The second-order valence-corrected chi connectivity index (χ2v) is 11.5. The molecular formula is C31H47O9P. The molecule has 230 valence electrons. The average molecular weight is 595 g/mol. The first-order chi connectivity index (χ1) is 20.0. The van der Waals surface area contributed by atoms with E-state index in [0.29, 0.717) is 31.3 Å². The van der Waals surface area contributed by atoms with Crippen LogP contribution in [0.4, 0.5) is 0 Å². The van der Waals surface area contributed by atoms with Crippen molar-refractivity contribution in [3.63, 3.8) is 0 Å². The summed E-state index contributed by atoms with van der Waals surface area (Å²) in [6.07, 6.45) is 2.46. The van der Waals surface area contributed by atoms with Gasteiger partial charge in [0.2, 0.25) is 0 Å². The summed E-state index contributed by atoms with van der Waals surface area (Å²) in [7, 11) is -4.17. The van der Waals surface area contributed by atoms with E-state index in [0.717, 1.165) is 38.5 Å². The molecule has 1 fully saturated rings. The van der Waals surface area contributed by atoms with Gasteiger partial charge in [-0.15, -0.1) is 0 Å². The van der Waals surface area contributed by atoms with Crippen molar-refractivity contribution in [1.29, 1.82) is 0 Å². The summed E-state index contributed by atoms with van der Waals surface area (Å²) in [6.45, 7) is 7.34. The molecule has 0 amide bonds. The van der Waals surface area contributed by atoms with E-state index < -0.39 is 38.3 Å². The van der Waals surface area contributed by atoms with E-state index in [1.165, 1.54) is 0 Å². The largest absolute Gasteiger partial charge is 0.587 e. The molecule has 3 rings (SSSR count). The first kappa shape index (κ1) is 33.5. The van der Waals surface area contributed by atoms with E-state index in [-0.39, 0.29) is 13.2 Å². The van der Waals surface area contributed by atoms with Crippen LogP contribution < -0.4 is 9.05 Å². The molecule has 5 atom stereocenters. The fourth-order valence-corrected chi connectivity index (χ4v) is 5.64. The van der Waals surface area contributed by atoms with E-state index in [4.69, 9.17) is 32.5 Å². The van der Waals surface area contributed by atoms with Crippen molar-refractivity contribution in [3.8, 4) is 11.5 Å². The second-order valence-electron chi connectivity index (χ2n) is 10.0. The van der Waals surface area contributed by atoms with Crippen LogP contribution in [0.15, 0.2) is 60.7 Å². The Labute approximate surface area is 245 Å². The number of hydrogen-bond donors (Lipinski definition) is 1. The number of aliphatic hydroxyl groups excluding tert-OH is 1. The molecular weight excluding hydrogens is 547 g/mol. The van der Waals surface area contributed by atoms with Gasteiger partial charge in [-0.05, 0) is 43.5 Å². The van der Waals surface area contributed by atoms with Crippen LogP contribution in [0.2, 0.25) is 0 Å². The molecule has 1 heterocycles. The third-order valence-corrected chi connectivity index (χ3v) is 7.99. The summed E-state index contributed by atoms with van der Waals surface area (Å²) in [6, 6.07) is 17.4. The van der Waals surface area contributed by atoms with Gasteiger partial charge < -0.3 is 33.1 Å². The Bertz CT molecular complexity index is 948. The highest BCUT2D eigenvalue weighted by atomic mass is 31.2. The van der Waals surface area contributed by atoms with Crippen molar-refractivity contribution in [2.75, 3.05) is 33.0 Å². The minimum absolute atomic E-state index is 0.181. The Hall–Kier alpha value is -1.97. The molecule has 0 saturated carbocycles. The number of benzene rings is 2. The molecule has 10 heteroatoms. The predicted octanol–water partition coefficient (Wildman–Crippen LogP) is 6.58. The first-order valence-electron chi connectivity index (χ1n) is 14.9. The summed E-state index contributed by atoms with van der Waals surface area (Å²) in [5.41, 5.74) is 0. The fraction of sp³-hybridized carbons (Fsp3) is 0.613. The van der Waals surface area contributed by atoms with Gasteiger partial charge in [0.1, 0.15) is 42.0 Å². The highest BCUT2D eigenvalue weighted by molar-refractivity contribution is 7.49. The van der Waals surface area contributed by atoms with E-state index in [1.54, 1.807) is 48.5 Å². The number of phosphoric ester groups is 1. The van der Waals surface area contributed by atoms with Gasteiger partial charge in [-0.3, -0.25) is 4.52 Å². The summed E-state index contributed by atoms with van der Waals surface area (Å²) in [5.74, 6) is 0.677. The normalized spacial score (nSPS) is 22.9. The maximum absolute atomic E-state index is 14.0. The van der Waals surface area contributed by atoms with Crippen LogP contribution in [0.5, 0.6) is 11.5 Å². The van der Waals surface area contributed by atoms with E-state index >= 15 is 0 Å². The van der Waals surface area contributed by atoms with Gasteiger partial charge in [0.05, 0.1) is 13.2 Å². The van der Waals surface area contributed by atoms with Crippen molar-refractivity contribution in [2.24, 2.45) is 0 Å². The minimum atomic E-state index is -4.17. The number of para-hydroxylation sites is 2. The molecule has 1 saturated heterocycles.